The van der Waals surface area contributed by atoms with Gasteiger partial charge in [0.25, 0.3) is 0 Å². The molecule has 1 saturated heterocycles. The van der Waals surface area contributed by atoms with Crippen molar-refractivity contribution in [3.63, 3.8) is 0 Å². The lowest BCUT2D eigenvalue weighted by Crippen LogP contribution is -2.52. The van der Waals surface area contributed by atoms with Crippen LogP contribution in [0.15, 0.2) is 16.5 Å². The minimum atomic E-state index is 0.452. The highest BCUT2D eigenvalue weighted by Gasteiger charge is 2.34. The van der Waals surface area contributed by atoms with E-state index in [4.69, 9.17) is 9.15 Å². The van der Waals surface area contributed by atoms with Crippen molar-refractivity contribution in [3.8, 4) is 0 Å². The van der Waals surface area contributed by atoms with Gasteiger partial charge >= 0.3 is 0 Å². The van der Waals surface area contributed by atoms with Crippen LogP contribution in [0.2, 0.25) is 0 Å². The molecular weight excluding hydrogens is 264 g/mol. The summed E-state index contributed by atoms with van der Waals surface area (Å²) in [5, 5.41) is 3.39. The predicted molar refractivity (Wildman–Crippen MR) is 83.1 cm³/mol. The second-order valence-corrected chi connectivity index (χ2v) is 6.28. The Bertz CT molecular complexity index is 430. The molecular formula is C17H28N2O2. The van der Waals surface area contributed by atoms with Gasteiger partial charge in [-0.05, 0) is 37.9 Å². The number of nitrogens with zero attached hydrogens (tertiary/aromatic N) is 1. The zero-order chi connectivity index (χ0) is 14.5. The average molecular weight is 292 g/mol. The van der Waals surface area contributed by atoms with Crippen molar-refractivity contribution in [3.05, 3.63) is 23.7 Å². The van der Waals surface area contributed by atoms with Crippen LogP contribution in [-0.2, 0) is 17.8 Å². The van der Waals surface area contributed by atoms with Gasteiger partial charge in [-0.25, -0.2) is 0 Å². The van der Waals surface area contributed by atoms with Gasteiger partial charge in [0.1, 0.15) is 11.5 Å². The zero-order valence-electron chi connectivity index (χ0n) is 13.1. The normalized spacial score (nSPS) is 26.7. The fourth-order valence-electron chi connectivity index (χ4n) is 3.56. The summed E-state index contributed by atoms with van der Waals surface area (Å²) in [6, 6.07) is 4.84. The lowest BCUT2D eigenvalue weighted by molar-refractivity contribution is -0.0927. The zero-order valence-corrected chi connectivity index (χ0v) is 13.1. The van der Waals surface area contributed by atoms with Crippen LogP contribution in [0, 0.1) is 0 Å². The molecule has 2 aliphatic rings. The van der Waals surface area contributed by atoms with Gasteiger partial charge in [-0.15, -0.1) is 0 Å². The highest BCUT2D eigenvalue weighted by atomic mass is 16.5. The van der Waals surface area contributed by atoms with E-state index in [0.717, 1.165) is 50.7 Å². The molecule has 0 aromatic carbocycles. The summed E-state index contributed by atoms with van der Waals surface area (Å²) in [7, 11) is 0. The molecule has 0 spiro atoms. The SMILES string of the molecule is CCCNCc1ccc(CN2CCOC3CCCCC32)o1. The van der Waals surface area contributed by atoms with E-state index in [9.17, 15) is 0 Å². The van der Waals surface area contributed by atoms with E-state index in [1.807, 2.05) is 0 Å². The molecule has 118 valence electrons. The van der Waals surface area contributed by atoms with Crippen LogP contribution >= 0.6 is 0 Å². The van der Waals surface area contributed by atoms with Crippen molar-refractivity contribution in [1.29, 1.82) is 0 Å². The van der Waals surface area contributed by atoms with E-state index in [2.05, 4.69) is 29.3 Å². The largest absolute Gasteiger partial charge is 0.463 e. The second kappa shape index (κ2) is 7.43. The van der Waals surface area contributed by atoms with Crippen LogP contribution < -0.4 is 5.32 Å². The molecule has 1 saturated carbocycles. The van der Waals surface area contributed by atoms with Gasteiger partial charge in [-0.2, -0.15) is 0 Å². The summed E-state index contributed by atoms with van der Waals surface area (Å²) in [6.45, 7) is 6.89. The van der Waals surface area contributed by atoms with Crippen molar-refractivity contribution < 1.29 is 9.15 Å². The van der Waals surface area contributed by atoms with Crippen LogP contribution in [0.4, 0.5) is 0 Å². The minimum Gasteiger partial charge on any atom is -0.463 e. The predicted octanol–water partition coefficient (Wildman–Crippen LogP) is 2.92. The molecule has 1 aromatic heterocycles. The van der Waals surface area contributed by atoms with Crippen LogP contribution in [0.1, 0.15) is 50.5 Å². The number of fused-ring (bicyclic) bond motifs is 1. The van der Waals surface area contributed by atoms with Crippen LogP contribution in [0.5, 0.6) is 0 Å². The van der Waals surface area contributed by atoms with Crippen molar-refractivity contribution >= 4 is 0 Å². The van der Waals surface area contributed by atoms with E-state index in [1.54, 1.807) is 0 Å². The summed E-state index contributed by atoms with van der Waals surface area (Å²) in [4.78, 5) is 2.56. The van der Waals surface area contributed by atoms with Gasteiger partial charge in [0, 0.05) is 12.6 Å². The lowest BCUT2D eigenvalue weighted by Gasteiger charge is -2.43. The Morgan fingerprint density at radius 1 is 1.24 bits per heavy atom. The highest BCUT2D eigenvalue weighted by molar-refractivity contribution is 5.07. The van der Waals surface area contributed by atoms with Crippen molar-refractivity contribution in [1.82, 2.24) is 10.2 Å². The first-order valence-electron chi connectivity index (χ1n) is 8.51. The Morgan fingerprint density at radius 3 is 3.00 bits per heavy atom. The Balaban J connectivity index is 1.55. The van der Waals surface area contributed by atoms with Crippen LogP contribution in [-0.4, -0.2) is 36.7 Å². The Kier molecular flexibility index (Phi) is 5.33. The van der Waals surface area contributed by atoms with Crippen molar-refractivity contribution in [2.24, 2.45) is 0 Å². The first-order chi connectivity index (χ1) is 10.4. The molecule has 1 aromatic rings. The smallest absolute Gasteiger partial charge is 0.118 e. The minimum absolute atomic E-state index is 0.452. The van der Waals surface area contributed by atoms with Gasteiger partial charge in [-0.3, -0.25) is 4.90 Å². The Hall–Kier alpha value is -0.840. The third kappa shape index (κ3) is 3.87. The molecule has 2 unspecified atom stereocenters. The Morgan fingerprint density at radius 2 is 2.10 bits per heavy atom. The molecule has 2 atom stereocenters. The number of ether oxygens (including phenoxy) is 1. The first-order valence-corrected chi connectivity index (χ1v) is 8.51. The van der Waals surface area contributed by atoms with Gasteiger partial charge in [0.2, 0.25) is 0 Å². The van der Waals surface area contributed by atoms with Crippen molar-refractivity contribution in [2.45, 2.75) is 64.3 Å². The number of rotatable bonds is 6. The van der Waals surface area contributed by atoms with Gasteiger partial charge in [0.05, 0.1) is 25.8 Å². The highest BCUT2D eigenvalue weighted by Crippen LogP contribution is 2.29. The van der Waals surface area contributed by atoms with Crippen molar-refractivity contribution in [2.75, 3.05) is 19.7 Å². The summed E-state index contributed by atoms with van der Waals surface area (Å²) >= 11 is 0. The molecule has 1 aliphatic heterocycles. The molecule has 21 heavy (non-hydrogen) atoms. The fourth-order valence-corrected chi connectivity index (χ4v) is 3.56. The molecule has 2 fully saturated rings. The molecule has 4 heteroatoms. The molecule has 1 N–H and O–H groups in total. The standard InChI is InChI=1S/C17H28N2O2/c1-2-9-18-12-14-7-8-15(21-14)13-19-10-11-20-17-6-4-3-5-16(17)19/h7-8,16-18H,2-6,9-13H2,1H3. The second-order valence-electron chi connectivity index (χ2n) is 6.28. The van der Waals surface area contributed by atoms with E-state index in [0.29, 0.717) is 12.1 Å². The van der Waals surface area contributed by atoms with Gasteiger partial charge < -0.3 is 14.5 Å². The summed E-state index contributed by atoms with van der Waals surface area (Å²) in [6.07, 6.45) is 6.77. The summed E-state index contributed by atoms with van der Waals surface area (Å²) in [5.74, 6) is 2.14. The molecule has 1 aliphatic carbocycles. The number of furan rings is 1. The topological polar surface area (TPSA) is 37.6 Å². The van der Waals surface area contributed by atoms with Crippen LogP contribution in [0.25, 0.3) is 0 Å². The number of hydrogen-bond acceptors (Lipinski definition) is 4. The third-order valence-corrected chi connectivity index (χ3v) is 4.65. The third-order valence-electron chi connectivity index (χ3n) is 4.65. The van der Waals surface area contributed by atoms with E-state index >= 15 is 0 Å². The van der Waals surface area contributed by atoms with E-state index in [-0.39, 0.29) is 0 Å². The number of morpholine rings is 1. The molecule has 4 nitrogen and oxygen atoms in total. The Labute approximate surface area is 127 Å². The lowest BCUT2D eigenvalue weighted by atomic mass is 9.90. The summed E-state index contributed by atoms with van der Waals surface area (Å²) in [5.41, 5.74) is 0. The number of hydrogen-bond donors (Lipinski definition) is 1. The molecule has 0 amide bonds. The monoisotopic (exact) mass is 292 g/mol. The van der Waals surface area contributed by atoms with Gasteiger partial charge in [0.15, 0.2) is 0 Å². The van der Waals surface area contributed by atoms with E-state index in [1.165, 1.54) is 25.7 Å². The fraction of sp³-hybridized carbons (Fsp3) is 0.765. The van der Waals surface area contributed by atoms with E-state index < -0.39 is 0 Å². The molecule has 0 bridgehead atoms. The maximum absolute atomic E-state index is 5.97. The maximum atomic E-state index is 5.97. The quantitative estimate of drug-likeness (QED) is 0.818. The van der Waals surface area contributed by atoms with Gasteiger partial charge in [-0.1, -0.05) is 19.8 Å². The average Bonchev–Trinajstić information content (AvgIpc) is 2.96. The maximum Gasteiger partial charge on any atom is 0.118 e. The number of nitrogens with one attached hydrogen (secondary N) is 1. The first kappa shape index (κ1) is 15.1. The molecule has 3 rings (SSSR count). The molecule has 2 heterocycles. The summed E-state index contributed by atoms with van der Waals surface area (Å²) < 4.78 is 11.9. The van der Waals surface area contributed by atoms with Crippen LogP contribution in [0.3, 0.4) is 0 Å². The molecule has 0 radical (unpaired) electrons.